The summed E-state index contributed by atoms with van der Waals surface area (Å²) in [6.07, 6.45) is 8.70. The van der Waals surface area contributed by atoms with E-state index in [0.29, 0.717) is 12.2 Å². The molecule has 1 aromatic rings. The van der Waals surface area contributed by atoms with Crippen molar-refractivity contribution in [1.29, 1.82) is 0 Å². The van der Waals surface area contributed by atoms with Gasteiger partial charge in [0.25, 0.3) is 0 Å². The third kappa shape index (κ3) is 8.30. The fourth-order valence-corrected chi connectivity index (χ4v) is 3.74. The van der Waals surface area contributed by atoms with E-state index in [-0.39, 0.29) is 88.1 Å². The second-order valence-corrected chi connectivity index (χ2v) is 6.94. The summed E-state index contributed by atoms with van der Waals surface area (Å²) in [7, 11) is 0. The van der Waals surface area contributed by atoms with Gasteiger partial charge in [0.15, 0.2) is 5.78 Å². The van der Waals surface area contributed by atoms with Gasteiger partial charge >= 0.3 is 0 Å². The van der Waals surface area contributed by atoms with Crippen LogP contribution in [0, 0.1) is 94.0 Å². The number of benzene rings is 1. The van der Waals surface area contributed by atoms with Crippen LogP contribution in [-0.2, 0) is 12.8 Å². The first-order valence-corrected chi connectivity index (χ1v) is 9.24. The number of Topliss-reactive ketones (excluding diaryl/α,β-unsaturated/α-hetero) is 1. The first kappa shape index (κ1) is 24.7. The normalized spacial score (nSPS) is 17.6. The fourth-order valence-electron chi connectivity index (χ4n) is 3.74. The van der Waals surface area contributed by atoms with Crippen molar-refractivity contribution in [3.63, 3.8) is 0 Å². The van der Waals surface area contributed by atoms with Crippen LogP contribution >= 0.6 is 0 Å². The van der Waals surface area contributed by atoms with Gasteiger partial charge in [-0.3, -0.25) is 4.79 Å². The van der Waals surface area contributed by atoms with Crippen molar-refractivity contribution in [1.82, 2.24) is 0 Å². The standard InChI is InChI=1S/C20H28N2O.2Ac/c23-20(4-2-1-3-16-7-11-21-12-8-16)19-6-5-17-9-13-22-14-10-18(17)15-19;;/h5-6,15-16H,1-4,7-14H2;;/q-2;;. The maximum atomic E-state index is 12.4. The number of nitrogens with zero attached hydrogens (tertiary/aromatic N) is 2. The van der Waals surface area contributed by atoms with Gasteiger partial charge in [-0.25, -0.2) is 0 Å². The molecule has 5 heteroatoms. The molecule has 3 rings (SSSR count). The van der Waals surface area contributed by atoms with Crippen LogP contribution in [0.2, 0.25) is 0 Å². The first-order chi connectivity index (χ1) is 11.3. The Bertz CT molecular complexity index is 530. The molecule has 1 fully saturated rings. The van der Waals surface area contributed by atoms with Crippen molar-refractivity contribution >= 4 is 5.78 Å². The Labute approximate surface area is 224 Å². The molecule has 1 saturated heterocycles. The second-order valence-electron chi connectivity index (χ2n) is 6.94. The monoisotopic (exact) mass is 766 g/mol. The molecule has 0 bridgehead atoms. The Morgan fingerprint density at radius 3 is 2.36 bits per heavy atom. The van der Waals surface area contributed by atoms with Crippen molar-refractivity contribution in [2.75, 3.05) is 26.2 Å². The minimum Gasteiger partial charge on any atom is -0.662 e. The number of unbranched alkanes of at least 4 members (excludes halogenated alkanes) is 1. The van der Waals surface area contributed by atoms with E-state index in [1.54, 1.807) is 0 Å². The molecule has 0 unspecified atom stereocenters. The zero-order chi connectivity index (χ0) is 15.9. The summed E-state index contributed by atoms with van der Waals surface area (Å²) in [5.74, 6) is 1.16. The van der Waals surface area contributed by atoms with Crippen molar-refractivity contribution in [2.45, 2.75) is 51.4 Å². The van der Waals surface area contributed by atoms with Gasteiger partial charge in [0, 0.05) is 100 Å². The van der Waals surface area contributed by atoms with E-state index in [4.69, 9.17) is 0 Å². The van der Waals surface area contributed by atoms with E-state index in [0.717, 1.165) is 56.9 Å². The number of ketones is 1. The van der Waals surface area contributed by atoms with E-state index in [2.05, 4.69) is 22.8 Å². The Morgan fingerprint density at radius 2 is 1.60 bits per heavy atom. The summed E-state index contributed by atoms with van der Waals surface area (Å²) in [6, 6.07) is 6.30. The van der Waals surface area contributed by atoms with Gasteiger partial charge in [0.05, 0.1) is 0 Å². The quantitative estimate of drug-likeness (QED) is 0.307. The van der Waals surface area contributed by atoms with Crippen LogP contribution in [0.1, 0.15) is 60.0 Å². The molecule has 1 aromatic carbocycles. The molecule has 132 valence electrons. The Kier molecular flexibility index (Phi) is 13.7. The molecule has 3 nitrogen and oxygen atoms in total. The van der Waals surface area contributed by atoms with Gasteiger partial charge in [-0.1, -0.05) is 37.8 Å². The number of fused-ring (bicyclic) bond motifs is 1. The van der Waals surface area contributed by atoms with E-state index in [1.165, 1.54) is 36.8 Å². The van der Waals surface area contributed by atoms with Crippen LogP contribution < -0.4 is 0 Å². The van der Waals surface area contributed by atoms with Crippen LogP contribution in [0.5, 0.6) is 0 Å². The molecule has 0 atom stereocenters. The van der Waals surface area contributed by atoms with Gasteiger partial charge in [0.2, 0.25) is 0 Å². The average molecular weight is 766 g/mol. The topological polar surface area (TPSA) is 45.3 Å². The molecule has 2 radical (unpaired) electrons. The van der Waals surface area contributed by atoms with Crippen molar-refractivity contribution in [2.24, 2.45) is 5.92 Å². The molecular formula is C20H28Ac2N2O-2. The Hall–Kier alpha value is 1.69. The summed E-state index contributed by atoms with van der Waals surface area (Å²) < 4.78 is 0. The van der Waals surface area contributed by atoms with Crippen molar-refractivity contribution in [3.8, 4) is 0 Å². The third-order valence-corrected chi connectivity index (χ3v) is 5.26. The molecule has 0 spiro atoms. The maximum absolute atomic E-state index is 12.4. The SMILES string of the molecule is O=C(CCCCC1CC[N-]CC1)c1ccc2c(c1)CC[N-]CC2.[Ac].[Ac]. The van der Waals surface area contributed by atoms with Crippen LogP contribution in [0.15, 0.2) is 18.2 Å². The third-order valence-electron chi connectivity index (χ3n) is 5.26. The maximum Gasteiger partial charge on any atom is 0.162 e. The molecule has 0 N–H and O–H groups in total. The predicted molar refractivity (Wildman–Crippen MR) is 95.6 cm³/mol. The van der Waals surface area contributed by atoms with Gasteiger partial charge in [0.1, 0.15) is 0 Å². The molecule has 2 heterocycles. The van der Waals surface area contributed by atoms with Crippen molar-refractivity contribution < 1.29 is 92.9 Å². The fraction of sp³-hybridized carbons (Fsp3) is 0.650. The largest absolute Gasteiger partial charge is 0.662 e. The molecule has 25 heavy (non-hydrogen) atoms. The molecular weight excluding hydrogens is 738 g/mol. The smallest absolute Gasteiger partial charge is 0.162 e. The molecule has 2 aliphatic heterocycles. The van der Waals surface area contributed by atoms with E-state index >= 15 is 0 Å². The van der Waals surface area contributed by atoms with Gasteiger partial charge in [-0.05, 0) is 42.4 Å². The number of carbonyl (C=O) groups is 1. The number of carbonyl (C=O) groups excluding carboxylic acids is 1. The summed E-state index contributed by atoms with van der Waals surface area (Å²) >= 11 is 0. The average Bonchev–Trinajstić information content (AvgIpc) is 2.84. The summed E-state index contributed by atoms with van der Waals surface area (Å²) in [6.45, 7) is 3.92. The molecule has 0 amide bonds. The van der Waals surface area contributed by atoms with Crippen LogP contribution in [-0.4, -0.2) is 32.0 Å². The van der Waals surface area contributed by atoms with Crippen LogP contribution in [0.25, 0.3) is 10.6 Å². The summed E-state index contributed by atoms with van der Waals surface area (Å²) in [5.41, 5.74) is 3.62. The zero-order valence-electron chi connectivity index (χ0n) is 15.3. The minimum atomic E-state index is 0. The predicted octanol–water partition coefficient (Wildman–Crippen LogP) is 4.69. The molecule has 0 aliphatic carbocycles. The van der Waals surface area contributed by atoms with Crippen molar-refractivity contribution in [3.05, 3.63) is 45.5 Å². The zero-order valence-corrected chi connectivity index (χ0v) is 24.7. The second kappa shape index (κ2) is 13.8. The Balaban J connectivity index is 0.00000156. The number of piperidine rings is 1. The van der Waals surface area contributed by atoms with E-state index < -0.39 is 0 Å². The van der Waals surface area contributed by atoms with Crippen LogP contribution in [0.3, 0.4) is 0 Å². The van der Waals surface area contributed by atoms with E-state index in [1.807, 2.05) is 6.07 Å². The van der Waals surface area contributed by atoms with Gasteiger partial charge in [-0.2, -0.15) is 0 Å². The summed E-state index contributed by atoms with van der Waals surface area (Å²) in [4.78, 5) is 12.4. The number of hydrogen-bond acceptors (Lipinski definition) is 1. The van der Waals surface area contributed by atoms with Crippen LogP contribution in [0.4, 0.5) is 0 Å². The Morgan fingerprint density at radius 1 is 0.920 bits per heavy atom. The molecule has 0 saturated carbocycles. The summed E-state index contributed by atoms with van der Waals surface area (Å²) in [5, 5.41) is 8.88. The number of hydrogen-bond donors (Lipinski definition) is 0. The van der Waals surface area contributed by atoms with Gasteiger partial charge in [-0.15, -0.1) is 26.2 Å². The molecule has 0 aromatic heterocycles. The number of rotatable bonds is 6. The first-order valence-electron chi connectivity index (χ1n) is 9.24. The van der Waals surface area contributed by atoms with Gasteiger partial charge < -0.3 is 10.6 Å². The minimum absolute atomic E-state index is 0. The van der Waals surface area contributed by atoms with E-state index in [9.17, 15) is 4.79 Å². The molecule has 2 aliphatic rings.